The monoisotopic (exact) mass is 474 g/mol. The van der Waals surface area contributed by atoms with Crippen LogP contribution in [0.25, 0.3) is 5.52 Å². The van der Waals surface area contributed by atoms with E-state index in [-0.39, 0.29) is 13.2 Å². The summed E-state index contributed by atoms with van der Waals surface area (Å²) in [4.78, 5) is 30.3. The molecule has 0 saturated carbocycles. The van der Waals surface area contributed by atoms with Gasteiger partial charge >= 0.3 is 12.1 Å². The molecule has 1 fully saturated rings. The minimum Gasteiger partial charge on any atom is -0.481 e. The van der Waals surface area contributed by atoms with Gasteiger partial charge in [-0.15, -0.1) is 6.42 Å². The molecule has 3 aromatic rings. The van der Waals surface area contributed by atoms with E-state index >= 15 is 0 Å². The predicted octanol–water partition coefficient (Wildman–Crippen LogP) is 2.64. The number of carboxylic acids is 1. The van der Waals surface area contributed by atoms with E-state index in [0.717, 1.165) is 22.3 Å². The van der Waals surface area contributed by atoms with E-state index in [1.807, 2.05) is 36.5 Å². The van der Waals surface area contributed by atoms with Crippen molar-refractivity contribution in [3.05, 3.63) is 66.6 Å². The van der Waals surface area contributed by atoms with Crippen molar-refractivity contribution in [3.63, 3.8) is 0 Å². The number of carbonyl (C=O) groups excluding carboxylic acids is 1. The molecule has 0 aliphatic carbocycles. The quantitative estimate of drug-likeness (QED) is 0.337. The summed E-state index contributed by atoms with van der Waals surface area (Å²) in [5.74, 6) is 1.50. The maximum atomic E-state index is 11.9. The van der Waals surface area contributed by atoms with Gasteiger partial charge in [-0.2, -0.15) is 5.10 Å². The van der Waals surface area contributed by atoms with Crippen molar-refractivity contribution in [2.75, 3.05) is 25.0 Å². The number of benzene rings is 1. The number of aromatic nitrogens is 3. The number of anilines is 2. The van der Waals surface area contributed by atoms with Gasteiger partial charge in [0.2, 0.25) is 0 Å². The van der Waals surface area contributed by atoms with Crippen LogP contribution in [0.3, 0.4) is 0 Å². The van der Waals surface area contributed by atoms with Crippen molar-refractivity contribution in [1.29, 1.82) is 0 Å². The largest absolute Gasteiger partial charge is 0.481 e. The molecule has 3 N–H and O–H groups in total. The molecule has 1 aromatic carbocycles. The fourth-order valence-corrected chi connectivity index (χ4v) is 4.22. The summed E-state index contributed by atoms with van der Waals surface area (Å²) in [7, 11) is 0. The highest BCUT2D eigenvalue weighted by atomic mass is 16.5. The number of hydrogen-bond donors (Lipinski definition) is 3. The Kier molecular flexibility index (Phi) is 7.28. The molecule has 2 unspecified atom stereocenters. The zero-order valence-corrected chi connectivity index (χ0v) is 19.1. The van der Waals surface area contributed by atoms with Gasteiger partial charge in [-0.05, 0) is 36.2 Å². The van der Waals surface area contributed by atoms with Crippen molar-refractivity contribution in [2.24, 2.45) is 5.92 Å². The van der Waals surface area contributed by atoms with Crippen LogP contribution < -0.4 is 10.6 Å². The minimum absolute atomic E-state index is 0.0651. The van der Waals surface area contributed by atoms with Crippen LogP contribution in [-0.2, 0) is 16.1 Å². The van der Waals surface area contributed by atoms with Gasteiger partial charge in [0.25, 0.3) is 0 Å². The Morgan fingerprint density at radius 1 is 1.37 bits per heavy atom. The number of carboxylic acid groups (broad SMARTS) is 1. The molecule has 0 radical (unpaired) electrons. The fourth-order valence-electron chi connectivity index (χ4n) is 4.22. The lowest BCUT2D eigenvalue weighted by Gasteiger charge is -2.36. The van der Waals surface area contributed by atoms with Gasteiger partial charge in [-0.3, -0.25) is 9.69 Å². The van der Waals surface area contributed by atoms with E-state index in [4.69, 9.17) is 11.2 Å². The minimum atomic E-state index is -0.968. The average Bonchev–Trinajstić information content (AvgIpc) is 3.27. The molecule has 180 valence electrons. The highest BCUT2D eigenvalue weighted by Crippen LogP contribution is 2.26. The maximum Gasteiger partial charge on any atom is 0.407 e. The lowest BCUT2D eigenvalue weighted by atomic mass is 9.92. The lowest BCUT2D eigenvalue weighted by Crippen LogP contribution is -2.53. The van der Waals surface area contributed by atoms with E-state index < -0.39 is 24.0 Å². The third-order valence-electron chi connectivity index (χ3n) is 5.87. The molecule has 0 spiro atoms. The van der Waals surface area contributed by atoms with Crippen molar-refractivity contribution in [1.82, 2.24) is 24.8 Å². The summed E-state index contributed by atoms with van der Waals surface area (Å²) < 4.78 is 6.68. The third kappa shape index (κ3) is 5.59. The number of likely N-dealkylation sites (tertiary alicyclic amines) is 1. The molecule has 1 saturated heterocycles. The number of nitrogens with zero attached hydrogens (tertiary/aromatic N) is 4. The van der Waals surface area contributed by atoms with Crippen molar-refractivity contribution >= 4 is 29.1 Å². The number of rotatable bonds is 8. The third-order valence-corrected chi connectivity index (χ3v) is 5.87. The van der Waals surface area contributed by atoms with Crippen LogP contribution in [0.4, 0.5) is 16.3 Å². The van der Waals surface area contributed by atoms with Crippen LogP contribution in [0.5, 0.6) is 0 Å². The van der Waals surface area contributed by atoms with Gasteiger partial charge in [0.15, 0.2) is 5.82 Å². The van der Waals surface area contributed by atoms with Crippen molar-refractivity contribution in [2.45, 2.75) is 19.0 Å². The first kappa shape index (κ1) is 23.8. The molecule has 4 rings (SSSR count). The number of terminal acetylenes is 1. The number of fused-ring (bicyclic) bond motifs is 1. The van der Waals surface area contributed by atoms with Crippen molar-refractivity contribution < 1.29 is 19.4 Å². The number of hydrogen-bond acceptors (Lipinski definition) is 7. The highest BCUT2D eigenvalue weighted by molar-refractivity contribution is 5.77. The molecule has 1 aliphatic heterocycles. The summed E-state index contributed by atoms with van der Waals surface area (Å²) in [5.41, 5.74) is 3.29. The number of aliphatic carboxylic acids is 1. The standard InChI is InChI=1S/C25H26N6O4/c1-3-12-35-25(34)29-21-9-10-30(15-20(21)24(32)33)14-18-8-11-31-22(18)23(26-16-27-31)28-19-7-5-6-17(4-2)13-19/h2-3,5-8,11,13,16,20-21H,1,9-10,12,14-15H2,(H,29,34)(H,32,33)(H,26,27,28). The fraction of sp³-hybridized carbons (Fsp3) is 0.280. The Morgan fingerprint density at radius 2 is 2.23 bits per heavy atom. The Hall–Kier alpha value is -4.36. The molecule has 1 aliphatic rings. The van der Waals surface area contributed by atoms with E-state index in [0.29, 0.717) is 25.3 Å². The van der Waals surface area contributed by atoms with Gasteiger partial charge in [0, 0.05) is 43.1 Å². The van der Waals surface area contributed by atoms with Gasteiger partial charge < -0.3 is 20.5 Å². The number of nitrogens with one attached hydrogen (secondary N) is 2. The average molecular weight is 475 g/mol. The van der Waals surface area contributed by atoms with E-state index in [9.17, 15) is 14.7 Å². The van der Waals surface area contributed by atoms with Crippen LogP contribution in [0.1, 0.15) is 17.5 Å². The zero-order valence-electron chi connectivity index (χ0n) is 19.1. The molecule has 10 nitrogen and oxygen atoms in total. The number of alkyl carbamates (subject to hydrolysis) is 1. The summed E-state index contributed by atoms with van der Waals surface area (Å²) in [5, 5.41) is 20.1. The first-order chi connectivity index (χ1) is 17.0. The molecule has 1 amide bonds. The highest BCUT2D eigenvalue weighted by Gasteiger charge is 2.35. The molecule has 0 bridgehead atoms. The van der Waals surface area contributed by atoms with Crippen molar-refractivity contribution in [3.8, 4) is 12.3 Å². The smallest absolute Gasteiger partial charge is 0.407 e. The van der Waals surface area contributed by atoms with E-state index in [1.165, 1.54) is 12.4 Å². The number of carbonyl (C=O) groups is 2. The molecule has 10 heteroatoms. The van der Waals surface area contributed by atoms with Crippen LogP contribution in [0.2, 0.25) is 0 Å². The molecule has 3 heterocycles. The van der Waals surface area contributed by atoms with Gasteiger partial charge in [-0.25, -0.2) is 14.3 Å². The number of amides is 1. The van der Waals surface area contributed by atoms with Crippen LogP contribution in [-0.4, -0.2) is 62.4 Å². The lowest BCUT2D eigenvalue weighted by molar-refractivity contribution is -0.144. The topological polar surface area (TPSA) is 121 Å². The summed E-state index contributed by atoms with van der Waals surface area (Å²) in [6.07, 6.45) is 10.1. The number of ether oxygens (including phenoxy) is 1. The molecular weight excluding hydrogens is 448 g/mol. The zero-order chi connectivity index (χ0) is 24.8. The van der Waals surface area contributed by atoms with Crippen LogP contribution in [0, 0.1) is 18.3 Å². The van der Waals surface area contributed by atoms with Crippen LogP contribution >= 0.6 is 0 Å². The molecule has 2 aromatic heterocycles. The predicted molar refractivity (Wildman–Crippen MR) is 130 cm³/mol. The summed E-state index contributed by atoms with van der Waals surface area (Å²) >= 11 is 0. The second-order valence-electron chi connectivity index (χ2n) is 8.20. The second-order valence-corrected chi connectivity index (χ2v) is 8.20. The van der Waals surface area contributed by atoms with Gasteiger partial charge in [-0.1, -0.05) is 24.6 Å². The maximum absolute atomic E-state index is 11.9. The normalized spacial score (nSPS) is 17.9. The Bertz CT molecular complexity index is 1280. The summed E-state index contributed by atoms with van der Waals surface area (Å²) in [6, 6.07) is 8.90. The Balaban J connectivity index is 1.51. The SMILES string of the molecule is C#Cc1cccc(Nc2ncnn3ccc(CN4CCC(NC(=O)OCC=C)C(C(=O)O)C4)c23)c1. The molecular formula is C25H26N6O4. The first-order valence-corrected chi connectivity index (χ1v) is 11.1. The Morgan fingerprint density at radius 3 is 3.00 bits per heavy atom. The van der Waals surface area contributed by atoms with E-state index in [1.54, 1.807) is 4.52 Å². The van der Waals surface area contributed by atoms with Gasteiger partial charge in [0.1, 0.15) is 18.5 Å². The second kappa shape index (κ2) is 10.7. The van der Waals surface area contributed by atoms with Crippen LogP contribution in [0.15, 0.2) is 55.5 Å². The number of piperidine rings is 1. The molecule has 35 heavy (non-hydrogen) atoms. The summed E-state index contributed by atoms with van der Waals surface area (Å²) in [6.45, 7) is 4.95. The van der Waals surface area contributed by atoms with E-state index in [2.05, 4.69) is 38.1 Å². The molecule has 2 atom stereocenters. The first-order valence-electron chi connectivity index (χ1n) is 11.1. The Labute approximate surface area is 202 Å². The van der Waals surface area contributed by atoms with Gasteiger partial charge in [0.05, 0.1) is 5.92 Å².